The van der Waals surface area contributed by atoms with Gasteiger partial charge < -0.3 is 10.2 Å². The van der Waals surface area contributed by atoms with E-state index in [1.165, 1.54) is 0 Å². The highest BCUT2D eigenvalue weighted by atomic mass is 16.6. The zero-order valence-electron chi connectivity index (χ0n) is 16.1. The number of para-hydroxylation sites is 2. The smallest absolute Gasteiger partial charge is 0.274 e. The number of amides is 1. The van der Waals surface area contributed by atoms with E-state index in [1.54, 1.807) is 12.1 Å². The van der Waals surface area contributed by atoms with Crippen LogP contribution in [0.5, 0.6) is 0 Å². The van der Waals surface area contributed by atoms with Crippen molar-refractivity contribution in [1.29, 1.82) is 0 Å². The molecule has 29 heavy (non-hydrogen) atoms. The summed E-state index contributed by atoms with van der Waals surface area (Å²) in [7, 11) is 0. The molecule has 148 valence electrons. The molecule has 0 aromatic heterocycles. The molecule has 0 spiro atoms. The lowest BCUT2D eigenvalue weighted by molar-refractivity contribution is -0.385. The number of nitro groups is 1. The lowest BCUT2D eigenvalue weighted by Crippen LogP contribution is -2.33. The molecule has 0 bridgehead atoms. The van der Waals surface area contributed by atoms with Gasteiger partial charge in [0.2, 0.25) is 0 Å². The lowest BCUT2D eigenvalue weighted by atomic mass is 9.76. The van der Waals surface area contributed by atoms with E-state index in [1.807, 2.05) is 29.2 Å². The summed E-state index contributed by atoms with van der Waals surface area (Å²) < 4.78 is 0. The number of nitrogens with one attached hydrogen (secondary N) is 1. The largest absolute Gasteiger partial charge is 0.377 e. The molecule has 5 rings (SSSR count). The number of allylic oxidation sites excluding steroid dienone is 2. The maximum atomic E-state index is 13.2. The molecule has 3 atom stereocenters. The maximum absolute atomic E-state index is 13.2. The van der Waals surface area contributed by atoms with Crippen molar-refractivity contribution >= 4 is 17.3 Å². The number of carbonyl (C=O) groups is 1. The van der Waals surface area contributed by atoms with E-state index < -0.39 is 0 Å². The normalized spacial score (nSPS) is 24.7. The first-order valence-corrected chi connectivity index (χ1v) is 10.2. The quantitative estimate of drug-likeness (QED) is 0.471. The molecule has 1 fully saturated rings. The van der Waals surface area contributed by atoms with Crippen LogP contribution in [-0.4, -0.2) is 28.8 Å². The fourth-order valence-corrected chi connectivity index (χ4v) is 5.11. The van der Waals surface area contributed by atoms with E-state index in [0.717, 1.165) is 43.6 Å². The van der Waals surface area contributed by atoms with Gasteiger partial charge in [-0.25, -0.2) is 0 Å². The van der Waals surface area contributed by atoms with Crippen molar-refractivity contribution in [2.24, 2.45) is 5.92 Å². The monoisotopic (exact) mass is 389 g/mol. The minimum atomic E-state index is -0.314. The number of fused-ring (bicyclic) bond motifs is 3. The van der Waals surface area contributed by atoms with Crippen LogP contribution in [-0.2, 0) is 0 Å². The number of nitro benzene ring substituents is 1. The van der Waals surface area contributed by atoms with Gasteiger partial charge in [0.25, 0.3) is 11.6 Å². The minimum absolute atomic E-state index is 0.0496. The topological polar surface area (TPSA) is 75.5 Å². The molecule has 6 nitrogen and oxygen atoms in total. The van der Waals surface area contributed by atoms with E-state index in [9.17, 15) is 14.9 Å². The summed E-state index contributed by atoms with van der Waals surface area (Å²) in [6.45, 7) is 1.59. The van der Waals surface area contributed by atoms with Crippen molar-refractivity contribution in [1.82, 2.24) is 4.90 Å². The van der Waals surface area contributed by atoms with Crippen molar-refractivity contribution in [2.45, 2.75) is 31.2 Å². The van der Waals surface area contributed by atoms with Crippen LogP contribution in [0.15, 0.2) is 54.6 Å². The number of likely N-dealkylation sites (tertiary alicyclic amines) is 1. The number of hydrogen-bond donors (Lipinski definition) is 1. The van der Waals surface area contributed by atoms with Crippen LogP contribution >= 0.6 is 0 Å². The van der Waals surface area contributed by atoms with Crippen LogP contribution in [0.25, 0.3) is 0 Å². The molecular formula is C23H23N3O3. The second-order valence-electron chi connectivity index (χ2n) is 8.06. The molecule has 6 heteroatoms. The van der Waals surface area contributed by atoms with Gasteiger partial charge in [0.1, 0.15) is 0 Å². The Morgan fingerprint density at radius 2 is 1.83 bits per heavy atom. The number of carbonyl (C=O) groups excluding carboxylic acids is 1. The Labute approximate surface area is 169 Å². The van der Waals surface area contributed by atoms with E-state index in [2.05, 4.69) is 23.5 Å². The molecule has 2 aromatic carbocycles. The van der Waals surface area contributed by atoms with E-state index >= 15 is 0 Å². The second-order valence-corrected chi connectivity index (χ2v) is 8.06. The zero-order valence-corrected chi connectivity index (χ0v) is 16.1. The summed E-state index contributed by atoms with van der Waals surface area (Å²) in [6, 6.07) is 12.6. The Morgan fingerprint density at radius 1 is 1.07 bits per heavy atom. The van der Waals surface area contributed by atoms with E-state index in [4.69, 9.17) is 0 Å². The standard InChI is InChI=1S/C23H23N3O3/c27-23(25-13-3-4-14-25)19-11-6-10-17-15-8-5-9-16(15)21(24-22(17)19)18-7-1-2-12-20(18)26(28)29/h1-2,5-8,10-12,15-16,21,24H,3-4,9,13-14H2. The third-order valence-corrected chi connectivity index (χ3v) is 6.49. The molecule has 1 saturated heterocycles. The van der Waals surface area contributed by atoms with Gasteiger partial charge in [-0.05, 0) is 36.8 Å². The third kappa shape index (κ3) is 2.90. The highest BCUT2D eigenvalue weighted by Crippen LogP contribution is 2.51. The van der Waals surface area contributed by atoms with Gasteiger partial charge in [0.15, 0.2) is 0 Å². The van der Waals surface area contributed by atoms with Crippen LogP contribution in [0.1, 0.15) is 52.7 Å². The van der Waals surface area contributed by atoms with Gasteiger partial charge in [-0.3, -0.25) is 14.9 Å². The Balaban J connectivity index is 1.61. The fourth-order valence-electron chi connectivity index (χ4n) is 5.11. The molecule has 2 heterocycles. The minimum Gasteiger partial charge on any atom is -0.377 e. The van der Waals surface area contributed by atoms with Crippen LogP contribution in [0.2, 0.25) is 0 Å². The Hall–Kier alpha value is -3.15. The first-order chi connectivity index (χ1) is 14.1. The van der Waals surface area contributed by atoms with Gasteiger partial charge >= 0.3 is 0 Å². The van der Waals surface area contributed by atoms with Crippen molar-refractivity contribution in [3.8, 4) is 0 Å². The molecular weight excluding hydrogens is 366 g/mol. The number of hydrogen-bond acceptors (Lipinski definition) is 4. The van der Waals surface area contributed by atoms with Crippen LogP contribution in [0.3, 0.4) is 0 Å². The Bertz CT molecular complexity index is 1010. The van der Waals surface area contributed by atoms with Crippen LogP contribution in [0, 0.1) is 16.0 Å². The summed E-state index contributed by atoms with van der Waals surface area (Å²) in [6.07, 6.45) is 7.29. The summed E-state index contributed by atoms with van der Waals surface area (Å²) in [5.41, 5.74) is 3.43. The Morgan fingerprint density at radius 3 is 2.62 bits per heavy atom. The third-order valence-electron chi connectivity index (χ3n) is 6.49. The van der Waals surface area contributed by atoms with Gasteiger partial charge in [0.05, 0.1) is 27.8 Å². The number of rotatable bonds is 3. The van der Waals surface area contributed by atoms with Crippen molar-refractivity contribution < 1.29 is 9.72 Å². The molecule has 2 aliphatic heterocycles. The molecule has 1 aliphatic carbocycles. The molecule has 3 unspecified atom stereocenters. The van der Waals surface area contributed by atoms with E-state index in [0.29, 0.717) is 11.1 Å². The average molecular weight is 389 g/mol. The average Bonchev–Trinajstić information content (AvgIpc) is 3.44. The molecule has 0 radical (unpaired) electrons. The first kappa shape index (κ1) is 17.9. The van der Waals surface area contributed by atoms with Crippen LogP contribution < -0.4 is 5.32 Å². The molecule has 1 N–H and O–H groups in total. The fraction of sp³-hybridized carbons (Fsp3) is 0.348. The van der Waals surface area contributed by atoms with Gasteiger partial charge in [0, 0.05) is 25.1 Å². The van der Waals surface area contributed by atoms with Crippen LogP contribution in [0.4, 0.5) is 11.4 Å². The highest BCUT2D eigenvalue weighted by Gasteiger charge is 2.41. The molecule has 1 amide bonds. The van der Waals surface area contributed by atoms with Crippen molar-refractivity contribution in [2.75, 3.05) is 18.4 Å². The maximum Gasteiger partial charge on any atom is 0.274 e. The number of nitrogens with zero attached hydrogens (tertiary/aromatic N) is 2. The molecule has 0 saturated carbocycles. The zero-order chi connectivity index (χ0) is 20.0. The summed E-state index contributed by atoms with van der Waals surface area (Å²) in [5, 5.41) is 15.2. The predicted octanol–water partition coefficient (Wildman–Crippen LogP) is 4.66. The predicted molar refractivity (Wildman–Crippen MR) is 111 cm³/mol. The second kappa shape index (κ2) is 7.03. The lowest BCUT2D eigenvalue weighted by Gasteiger charge is -2.38. The number of benzene rings is 2. The first-order valence-electron chi connectivity index (χ1n) is 10.2. The highest BCUT2D eigenvalue weighted by molar-refractivity contribution is 6.01. The Kier molecular flexibility index (Phi) is 4.34. The molecule has 2 aromatic rings. The van der Waals surface area contributed by atoms with Gasteiger partial charge in [-0.15, -0.1) is 0 Å². The summed E-state index contributed by atoms with van der Waals surface area (Å²) in [5.74, 6) is 0.400. The SMILES string of the molecule is O=C(c1cccc2c1NC(c1ccccc1[N+](=O)[O-])C1CC=CC21)N1CCCC1. The summed E-state index contributed by atoms with van der Waals surface area (Å²) >= 11 is 0. The van der Waals surface area contributed by atoms with Gasteiger partial charge in [-0.1, -0.05) is 42.5 Å². The van der Waals surface area contributed by atoms with Crippen molar-refractivity contribution in [3.05, 3.63) is 81.4 Å². The van der Waals surface area contributed by atoms with Crippen molar-refractivity contribution in [3.63, 3.8) is 0 Å². The number of anilines is 1. The van der Waals surface area contributed by atoms with E-state index in [-0.39, 0.29) is 34.4 Å². The summed E-state index contributed by atoms with van der Waals surface area (Å²) in [4.78, 5) is 26.4. The molecule has 3 aliphatic rings. The van der Waals surface area contributed by atoms with Gasteiger partial charge in [-0.2, -0.15) is 0 Å².